The fourth-order valence-electron chi connectivity index (χ4n) is 2.41. The van der Waals surface area contributed by atoms with Gasteiger partial charge in [0.25, 0.3) is 11.8 Å². The molecule has 126 valence electrons. The van der Waals surface area contributed by atoms with E-state index in [-0.39, 0.29) is 12.5 Å². The smallest absolute Gasteiger partial charge is 0.259 e. The second-order valence-electron chi connectivity index (χ2n) is 5.45. The minimum absolute atomic E-state index is 0.170. The Balaban J connectivity index is 1.56. The van der Waals surface area contributed by atoms with E-state index in [4.69, 9.17) is 4.42 Å². The number of hydrazone groups is 1. The van der Waals surface area contributed by atoms with E-state index in [1.54, 1.807) is 18.2 Å². The van der Waals surface area contributed by atoms with Gasteiger partial charge in [-0.25, -0.2) is 5.43 Å². The van der Waals surface area contributed by atoms with E-state index in [1.807, 2.05) is 43.3 Å². The van der Waals surface area contributed by atoms with Crippen LogP contribution in [0.25, 0.3) is 10.8 Å². The second kappa shape index (κ2) is 7.44. The van der Waals surface area contributed by atoms with Crippen molar-refractivity contribution in [2.45, 2.75) is 6.92 Å². The predicted octanol–water partition coefficient (Wildman–Crippen LogP) is 2.62. The molecular weight excluding hydrogens is 318 g/mol. The van der Waals surface area contributed by atoms with Crippen LogP contribution < -0.4 is 10.7 Å². The summed E-state index contributed by atoms with van der Waals surface area (Å²) in [6, 6.07) is 16.6. The summed E-state index contributed by atoms with van der Waals surface area (Å²) in [7, 11) is 0. The van der Waals surface area contributed by atoms with Crippen LogP contribution in [-0.4, -0.2) is 24.6 Å². The highest BCUT2D eigenvalue weighted by Crippen LogP contribution is 2.18. The summed E-state index contributed by atoms with van der Waals surface area (Å²) >= 11 is 0. The number of carbonyl (C=O) groups excluding carboxylic acids is 2. The standard InChI is InChI=1S/C19H17N3O3/c1-13-9-10-15(25-13)11-21-22-18(23)12-20-19(24)17-8-4-6-14-5-2-3-7-16(14)17/h2-11H,12H2,1H3,(H,20,24)(H,22,23)/b21-11+. The van der Waals surface area contributed by atoms with E-state index < -0.39 is 5.91 Å². The van der Waals surface area contributed by atoms with Crippen molar-refractivity contribution in [2.24, 2.45) is 5.10 Å². The second-order valence-corrected chi connectivity index (χ2v) is 5.45. The zero-order chi connectivity index (χ0) is 17.6. The molecule has 2 amide bonds. The van der Waals surface area contributed by atoms with Gasteiger partial charge in [-0.3, -0.25) is 9.59 Å². The van der Waals surface area contributed by atoms with Gasteiger partial charge < -0.3 is 9.73 Å². The summed E-state index contributed by atoms with van der Waals surface area (Å²) in [5, 5.41) is 8.19. The van der Waals surface area contributed by atoms with Gasteiger partial charge in [-0.15, -0.1) is 0 Å². The Morgan fingerprint density at radius 1 is 1.08 bits per heavy atom. The first-order valence-electron chi connectivity index (χ1n) is 7.78. The molecule has 6 nitrogen and oxygen atoms in total. The Morgan fingerprint density at radius 3 is 2.68 bits per heavy atom. The van der Waals surface area contributed by atoms with Crippen LogP contribution in [0, 0.1) is 6.92 Å². The number of hydrogen-bond acceptors (Lipinski definition) is 4. The molecule has 0 radical (unpaired) electrons. The number of amides is 2. The Hall–Kier alpha value is -3.41. The van der Waals surface area contributed by atoms with Gasteiger partial charge in [0.2, 0.25) is 0 Å². The molecule has 2 aromatic carbocycles. The Bertz CT molecular complexity index is 938. The van der Waals surface area contributed by atoms with Crippen molar-refractivity contribution in [1.82, 2.24) is 10.7 Å². The molecule has 0 aliphatic heterocycles. The molecule has 3 aromatic rings. The van der Waals surface area contributed by atoms with Gasteiger partial charge in [0, 0.05) is 5.56 Å². The average Bonchev–Trinajstić information content (AvgIpc) is 3.04. The third-order valence-corrected chi connectivity index (χ3v) is 3.59. The normalized spacial score (nSPS) is 10.9. The lowest BCUT2D eigenvalue weighted by molar-refractivity contribution is -0.120. The molecule has 1 heterocycles. The topological polar surface area (TPSA) is 83.7 Å². The monoisotopic (exact) mass is 335 g/mol. The van der Waals surface area contributed by atoms with Crippen LogP contribution in [0.4, 0.5) is 0 Å². The average molecular weight is 335 g/mol. The third-order valence-electron chi connectivity index (χ3n) is 3.59. The number of benzene rings is 2. The van der Waals surface area contributed by atoms with Crippen molar-refractivity contribution in [3.63, 3.8) is 0 Å². The molecule has 1 aromatic heterocycles. The van der Waals surface area contributed by atoms with Gasteiger partial charge in [-0.1, -0.05) is 36.4 Å². The third kappa shape index (κ3) is 4.11. The minimum atomic E-state index is -0.423. The van der Waals surface area contributed by atoms with Crippen LogP contribution in [0.5, 0.6) is 0 Å². The Morgan fingerprint density at radius 2 is 1.88 bits per heavy atom. The number of nitrogens with one attached hydrogen (secondary N) is 2. The molecule has 2 N–H and O–H groups in total. The molecular formula is C19H17N3O3. The highest BCUT2D eigenvalue weighted by molar-refractivity contribution is 6.07. The van der Waals surface area contributed by atoms with Crippen molar-refractivity contribution in [3.05, 3.63) is 71.7 Å². The molecule has 0 saturated heterocycles. The zero-order valence-corrected chi connectivity index (χ0v) is 13.7. The van der Waals surface area contributed by atoms with Gasteiger partial charge in [0.05, 0.1) is 12.8 Å². The van der Waals surface area contributed by atoms with Crippen molar-refractivity contribution in [2.75, 3.05) is 6.54 Å². The van der Waals surface area contributed by atoms with E-state index in [9.17, 15) is 9.59 Å². The lowest BCUT2D eigenvalue weighted by Gasteiger charge is -2.07. The summed E-state index contributed by atoms with van der Waals surface area (Å²) in [5.74, 6) is 0.568. The molecule has 0 aliphatic rings. The number of fused-ring (bicyclic) bond motifs is 1. The van der Waals surface area contributed by atoms with E-state index in [0.717, 1.165) is 16.5 Å². The van der Waals surface area contributed by atoms with Crippen LogP contribution in [0.2, 0.25) is 0 Å². The van der Waals surface area contributed by atoms with E-state index in [2.05, 4.69) is 15.8 Å². The first kappa shape index (κ1) is 16.4. The molecule has 0 spiro atoms. The molecule has 0 bridgehead atoms. The first-order chi connectivity index (χ1) is 12.1. The lowest BCUT2D eigenvalue weighted by Crippen LogP contribution is -2.35. The minimum Gasteiger partial charge on any atom is -0.460 e. The van der Waals surface area contributed by atoms with Crippen LogP contribution in [0.15, 0.2) is 64.1 Å². The highest BCUT2D eigenvalue weighted by atomic mass is 16.3. The largest absolute Gasteiger partial charge is 0.460 e. The molecule has 0 atom stereocenters. The molecule has 3 rings (SSSR count). The number of nitrogens with zero attached hydrogens (tertiary/aromatic N) is 1. The summed E-state index contributed by atoms with van der Waals surface area (Å²) in [6.07, 6.45) is 1.40. The summed E-state index contributed by atoms with van der Waals surface area (Å²) < 4.78 is 5.29. The maximum Gasteiger partial charge on any atom is 0.259 e. The van der Waals surface area contributed by atoms with E-state index >= 15 is 0 Å². The van der Waals surface area contributed by atoms with E-state index in [0.29, 0.717) is 11.3 Å². The SMILES string of the molecule is Cc1ccc(/C=N/NC(=O)CNC(=O)c2cccc3ccccc23)o1. The Labute approximate surface area is 144 Å². The van der Waals surface area contributed by atoms with Gasteiger partial charge in [0.1, 0.15) is 11.5 Å². The molecule has 0 saturated carbocycles. The summed E-state index contributed by atoms with van der Waals surface area (Å²) in [4.78, 5) is 24.1. The van der Waals surface area contributed by atoms with Crippen LogP contribution in [0.3, 0.4) is 0 Å². The molecule has 0 fully saturated rings. The van der Waals surface area contributed by atoms with Crippen LogP contribution in [-0.2, 0) is 4.79 Å². The van der Waals surface area contributed by atoms with Gasteiger partial charge in [0.15, 0.2) is 0 Å². The summed E-state index contributed by atoms with van der Waals surface area (Å²) in [6.45, 7) is 1.65. The van der Waals surface area contributed by atoms with Crippen LogP contribution >= 0.6 is 0 Å². The number of aryl methyl sites for hydroxylation is 1. The zero-order valence-electron chi connectivity index (χ0n) is 13.7. The maximum atomic E-state index is 12.3. The fourth-order valence-corrected chi connectivity index (χ4v) is 2.41. The van der Waals surface area contributed by atoms with Crippen molar-refractivity contribution in [1.29, 1.82) is 0 Å². The van der Waals surface area contributed by atoms with Crippen LogP contribution in [0.1, 0.15) is 21.9 Å². The molecule has 25 heavy (non-hydrogen) atoms. The molecule has 0 aliphatic carbocycles. The number of carbonyl (C=O) groups is 2. The number of hydrogen-bond donors (Lipinski definition) is 2. The molecule has 0 unspecified atom stereocenters. The summed E-state index contributed by atoms with van der Waals surface area (Å²) in [5.41, 5.74) is 2.87. The lowest BCUT2D eigenvalue weighted by atomic mass is 10.0. The molecule has 6 heteroatoms. The van der Waals surface area contributed by atoms with Crippen molar-refractivity contribution >= 4 is 28.8 Å². The quantitative estimate of drug-likeness (QED) is 0.555. The number of rotatable bonds is 5. The van der Waals surface area contributed by atoms with Crippen molar-refractivity contribution in [3.8, 4) is 0 Å². The van der Waals surface area contributed by atoms with E-state index in [1.165, 1.54) is 6.21 Å². The van der Waals surface area contributed by atoms with Gasteiger partial charge >= 0.3 is 0 Å². The maximum absolute atomic E-state index is 12.3. The van der Waals surface area contributed by atoms with Crippen molar-refractivity contribution < 1.29 is 14.0 Å². The fraction of sp³-hybridized carbons (Fsp3) is 0.105. The highest BCUT2D eigenvalue weighted by Gasteiger charge is 2.10. The van der Waals surface area contributed by atoms with Gasteiger partial charge in [-0.2, -0.15) is 5.10 Å². The Kier molecular flexibility index (Phi) is 4.89. The predicted molar refractivity (Wildman–Crippen MR) is 95.5 cm³/mol. The number of furan rings is 1. The van der Waals surface area contributed by atoms with Gasteiger partial charge in [-0.05, 0) is 35.9 Å². The first-order valence-corrected chi connectivity index (χ1v) is 7.78.